The number of non-ortho nitro benzene ring substituents is 1. The van der Waals surface area contributed by atoms with E-state index >= 15 is 0 Å². The first-order valence-corrected chi connectivity index (χ1v) is 12.6. The Morgan fingerprint density at radius 1 is 1.20 bits per heavy atom. The maximum Gasteiger partial charge on any atom is 0.341 e. The molecule has 10 heteroatoms. The third-order valence-corrected chi connectivity index (χ3v) is 8.96. The summed E-state index contributed by atoms with van der Waals surface area (Å²) >= 11 is 1.13. The van der Waals surface area contributed by atoms with Gasteiger partial charge in [-0.1, -0.05) is 54.7 Å². The molecule has 2 aromatic rings. The molecule has 30 heavy (non-hydrogen) atoms. The van der Waals surface area contributed by atoms with Gasteiger partial charge in [-0.2, -0.15) is 10.2 Å². The summed E-state index contributed by atoms with van der Waals surface area (Å²) in [6, 6.07) is 14.7. The van der Waals surface area contributed by atoms with Gasteiger partial charge in [-0.05, 0) is 36.2 Å². The van der Waals surface area contributed by atoms with Crippen molar-refractivity contribution in [1.29, 1.82) is 0 Å². The third kappa shape index (κ3) is 6.64. The smallest absolute Gasteiger partial charge is 0.341 e. The lowest BCUT2D eigenvalue weighted by molar-refractivity contribution is -0.384. The van der Waals surface area contributed by atoms with Gasteiger partial charge in [-0.3, -0.25) is 10.1 Å². The molecule has 0 saturated carbocycles. The van der Waals surface area contributed by atoms with E-state index in [0.29, 0.717) is 11.4 Å². The summed E-state index contributed by atoms with van der Waals surface area (Å²) in [5.74, 6) is -0.0468. The van der Waals surface area contributed by atoms with Crippen molar-refractivity contribution in [3.05, 3.63) is 76.1 Å². The largest absolute Gasteiger partial charge is 0.464 e. The minimum Gasteiger partial charge on any atom is -0.464 e. The second-order valence-electron chi connectivity index (χ2n) is 5.90. The molecule has 2 aromatic carbocycles. The molecule has 0 bridgehead atoms. The van der Waals surface area contributed by atoms with Crippen LogP contribution in [0.1, 0.15) is 19.4 Å². The van der Waals surface area contributed by atoms with Gasteiger partial charge in [0, 0.05) is 12.1 Å². The van der Waals surface area contributed by atoms with E-state index in [2.05, 4.69) is 10.2 Å². The van der Waals surface area contributed by atoms with E-state index in [0.717, 1.165) is 16.9 Å². The van der Waals surface area contributed by atoms with Crippen LogP contribution >= 0.6 is 17.7 Å². The number of nitro groups is 1. The van der Waals surface area contributed by atoms with Crippen molar-refractivity contribution in [3.63, 3.8) is 0 Å². The number of ether oxygens (including phenoxy) is 1. The Morgan fingerprint density at radius 3 is 2.43 bits per heavy atom. The van der Waals surface area contributed by atoms with Gasteiger partial charge in [0.05, 0.1) is 17.2 Å². The van der Waals surface area contributed by atoms with Crippen LogP contribution in [0.15, 0.2) is 70.6 Å². The monoisotopic (exact) mass is 447 g/mol. The van der Waals surface area contributed by atoms with Crippen molar-refractivity contribution in [2.45, 2.75) is 19.6 Å². The lowest BCUT2D eigenvalue weighted by Crippen LogP contribution is -2.20. The maximum absolute atomic E-state index is 13.7. The summed E-state index contributed by atoms with van der Waals surface area (Å²) in [5.41, 5.74) is 1.05. The summed E-state index contributed by atoms with van der Waals surface area (Å²) in [5, 5.41) is 18.8. The van der Waals surface area contributed by atoms with E-state index in [1.165, 1.54) is 30.1 Å². The van der Waals surface area contributed by atoms with Crippen LogP contribution in [-0.2, 0) is 14.1 Å². The molecule has 0 heterocycles. The molecule has 0 spiro atoms. The molecular weight excluding hydrogens is 425 g/mol. The normalized spacial score (nSPS) is 14.5. The molecule has 2 unspecified atom stereocenters. The van der Waals surface area contributed by atoms with E-state index in [1.807, 2.05) is 37.3 Å². The van der Waals surface area contributed by atoms with E-state index < -0.39 is 23.0 Å². The van der Waals surface area contributed by atoms with Crippen molar-refractivity contribution in [2.24, 2.45) is 10.2 Å². The van der Waals surface area contributed by atoms with E-state index in [4.69, 9.17) is 4.74 Å². The number of nitro benzene ring substituents is 1. The van der Waals surface area contributed by atoms with Gasteiger partial charge in [0.15, 0.2) is 6.34 Å². The first kappa shape index (κ1) is 23.5. The minimum absolute atomic E-state index is 0.0890. The van der Waals surface area contributed by atoms with Crippen LogP contribution < -0.4 is 0 Å². The van der Waals surface area contributed by atoms with E-state index in [9.17, 15) is 19.5 Å². The molecular formula is C20H22N3O5PS. The van der Waals surface area contributed by atoms with Crippen molar-refractivity contribution in [2.75, 3.05) is 12.4 Å². The summed E-state index contributed by atoms with van der Waals surface area (Å²) in [6.45, 7) is 3.60. The van der Waals surface area contributed by atoms with E-state index in [-0.39, 0.29) is 12.3 Å². The highest BCUT2D eigenvalue weighted by Gasteiger charge is 2.38. The van der Waals surface area contributed by atoms with Gasteiger partial charge in [0.2, 0.25) is 5.78 Å². The standard InChI is InChI=1S/C20H22N3O5PS/c1-3-28-20(24)19(22-21-17-10-12-18(13-11-17)23(25)26)29(27,30-4-2)15-14-16-8-6-5-7-9-16/h5-15,19H,3-4H2,1-2H3/b15-14+,22-21?. The fourth-order valence-corrected chi connectivity index (χ4v) is 6.59. The van der Waals surface area contributed by atoms with Crippen LogP contribution in [0.3, 0.4) is 0 Å². The second kappa shape index (κ2) is 11.4. The van der Waals surface area contributed by atoms with Crippen molar-refractivity contribution in [3.8, 4) is 0 Å². The summed E-state index contributed by atoms with van der Waals surface area (Å²) < 4.78 is 18.8. The molecule has 0 fully saturated rings. The summed E-state index contributed by atoms with van der Waals surface area (Å²) in [4.78, 5) is 22.8. The number of carbonyl (C=O) groups is 1. The molecule has 0 aromatic heterocycles. The first-order valence-electron chi connectivity index (χ1n) is 9.19. The first-order chi connectivity index (χ1) is 14.4. The minimum atomic E-state index is -3.35. The molecule has 0 N–H and O–H groups in total. The quantitative estimate of drug-likeness (QED) is 0.139. The molecule has 0 aliphatic carbocycles. The Hall–Kier alpha value is -2.77. The van der Waals surface area contributed by atoms with Gasteiger partial charge < -0.3 is 9.30 Å². The molecule has 8 nitrogen and oxygen atoms in total. The fraction of sp³-hybridized carbons (Fsp3) is 0.250. The van der Waals surface area contributed by atoms with Gasteiger partial charge >= 0.3 is 5.97 Å². The molecule has 158 valence electrons. The highest BCUT2D eigenvalue weighted by molar-refractivity contribution is 8.59. The summed E-state index contributed by atoms with van der Waals surface area (Å²) in [7, 11) is 0. The topological polar surface area (TPSA) is 111 Å². The predicted octanol–water partition coefficient (Wildman–Crippen LogP) is 6.27. The number of nitrogens with zero attached hydrogens (tertiary/aromatic N) is 3. The third-order valence-electron chi connectivity index (χ3n) is 3.79. The molecule has 0 amide bonds. The fourth-order valence-electron chi connectivity index (χ4n) is 2.40. The van der Waals surface area contributed by atoms with Gasteiger partial charge in [-0.15, -0.1) is 0 Å². The number of rotatable bonds is 10. The van der Waals surface area contributed by atoms with Crippen molar-refractivity contribution in [1.82, 2.24) is 0 Å². The molecule has 0 saturated heterocycles. The number of hydrogen-bond donors (Lipinski definition) is 0. The lowest BCUT2D eigenvalue weighted by Gasteiger charge is -2.18. The zero-order valence-electron chi connectivity index (χ0n) is 16.6. The molecule has 0 aliphatic heterocycles. The van der Waals surface area contributed by atoms with Crippen LogP contribution in [0.5, 0.6) is 0 Å². The van der Waals surface area contributed by atoms with Gasteiger partial charge in [0.25, 0.3) is 5.69 Å². The second-order valence-corrected chi connectivity index (χ2v) is 11.3. The zero-order chi connectivity index (χ0) is 22.0. The van der Waals surface area contributed by atoms with Gasteiger partial charge in [0.1, 0.15) is 0 Å². The molecule has 0 aliphatic rings. The maximum atomic E-state index is 13.7. The van der Waals surface area contributed by atoms with Crippen molar-refractivity contribution >= 4 is 41.1 Å². The number of azo groups is 1. The number of carbonyl (C=O) groups excluding carboxylic acids is 1. The Kier molecular flexibility index (Phi) is 8.95. The predicted molar refractivity (Wildman–Crippen MR) is 119 cm³/mol. The van der Waals surface area contributed by atoms with Crippen LogP contribution in [0, 0.1) is 10.1 Å². The highest BCUT2D eigenvalue weighted by Crippen LogP contribution is 2.65. The number of esters is 1. The van der Waals surface area contributed by atoms with Gasteiger partial charge in [-0.25, -0.2) is 4.79 Å². The number of hydrogen-bond acceptors (Lipinski definition) is 8. The average Bonchev–Trinajstić information content (AvgIpc) is 2.74. The number of benzene rings is 2. The Morgan fingerprint density at radius 2 is 1.87 bits per heavy atom. The van der Waals surface area contributed by atoms with Crippen LogP contribution in [0.4, 0.5) is 11.4 Å². The average molecular weight is 447 g/mol. The Labute approximate surface area is 178 Å². The molecule has 0 radical (unpaired) electrons. The molecule has 2 rings (SSSR count). The van der Waals surface area contributed by atoms with E-state index in [1.54, 1.807) is 13.0 Å². The highest BCUT2D eigenvalue weighted by atomic mass is 32.7. The van der Waals surface area contributed by atoms with Crippen LogP contribution in [0.2, 0.25) is 0 Å². The van der Waals surface area contributed by atoms with Crippen LogP contribution in [0.25, 0.3) is 6.08 Å². The zero-order valence-corrected chi connectivity index (χ0v) is 18.3. The summed E-state index contributed by atoms with van der Waals surface area (Å²) in [6.07, 6.45) is -1.66. The SMILES string of the molecule is CCOC(=O)C(N=Nc1ccc([N+](=O)[O-])cc1)P(=O)(/C=C/c1ccccc1)SCC. The van der Waals surface area contributed by atoms with Crippen molar-refractivity contribution < 1.29 is 19.0 Å². The molecule has 2 atom stereocenters. The lowest BCUT2D eigenvalue weighted by atomic mass is 10.2. The Balaban J connectivity index is 2.38. The van der Waals surface area contributed by atoms with Crippen LogP contribution in [-0.4, -0.2) is 29.0 Å². The Bertz CT molecular complexity index is 964.